The normalized spacial score (nSPS) is 22.1. The summed E-state index contributed by atoms with van der Waals surface area (Å²) in [7, 11) is 0. The van der Waals surface area contributed by atoms with Gasteiger partial charge in [-0.3, -0.25) is 14.6 Å². The molecule has 4 rings (SSSR count). The largest absolute Gasteiger partial charge is 0.487 e. The molecule has 7 heteroatoms. The van der Waals surface area contributed by atoms with Crippen LogP contribution in [0, 0.1) is 12.8 Å². The molecule has 3 heterocycles. The van der Waals surface area contributed by atoms with E-state index in [4.69, 9.17) is 16.3 Å². The maximum Gasteiger partial charge on any atom is 0.228 e. The van der Waals surface area contributed by atoms with E-state index in [1.165, 1.54) is 0 Å². The van der Waals surface area contributed by atoms with Crippen molar-refractivity contribution >= 4 is 29.1 Å². The first-order valence-corrected chi connectivity index (χ1v) is 10.3. The molecule has 152 valence electrons. The molecule has 0 aliphatic carbocycles. The highest BCUT2D eigenvalue weighted by atomic mass is 35.5. The van der Waals surface area contributed by atoms with Crippen LogP contribution in [-0.4, -0.2) is 47.4 Å². The van der Waals surface area contributed by atoms with E-state index in [2.05, 4.69) is 4.98 Å². The fourth-order valence-corrected chi connectivity index (χ4v) is 4.14. The van der Waals surface area contributed by atoms with Crippen molar-refractivity contribution in [2.24, 2.45) is 5.92 Å². The number of benzene rings is 1. The van der Waals surface area contributed by atoms with Crippen LogP contribution in [-0.2, 0) is 9.59 Å². The van der Waals surface area contributed by atoms with Crippen LogP contribution in [0.25, 0.3) is 0 Å². The highest BCUT2D eigenvalue weighted by Crippen LogP contribution is 2.29. The van der Waals surface area contributed by atoms with E-state index in [-0.39, 0.29) is 30.3 Å². The van der Waals surface area contributed by atoms with E-state index in [1.807, 2.05) is 36.1 Å². The van der Waals surface area contributed by atoms with Crippen molar-refractivity contribution in [2.45, 2.75) is 32.3 Å². The third kappa shape index (κ3) is 4.37. The summed E-state index contributed by atoms with van der Waals surface area (Å²) in [6.45, 7) is 3.64. The Labute approximate surface area is 175 Å². The first-order chi connectivity index (χ1) is 14.0. The molecular weight excluding hydrogens is 390 g/mol. The monoisotopic (exact) mass is 413 g/mol. The number of aromatic nitrogens is 1. The van der Waals surface area contributed by atoms with E-state index in [1.54, 1.807) is 23.4 Å². The van der Waals surface area contributed by atoms with Crippen LogP contribution in [0.1, 0.15) is 24.8 Å². The van der Waals surface area contributed by atoms with Crippen molar-refractivity contribution < 1.29 is 14.3 Å². The third-order valence-electron chi connectivity index (χ3n) is 5.54. The van der Waals surface area contributed by atoms with Crippen molar-refractivity contribution in [3.05, 3.63) is 53.3 Å². The summed E-state index contributed by atoms with van der Waals surface area (Å²) in [5.41, 5.74) is 1.99. The van der Waals surface area contributed by atoms with Gasteiger partial charge in [-0.05, 0) is 31.9 Å². The number of hydrogen-bond donors (Lipinski definition) is 0. The number of anilines is 1. The molecule has 0 N–H and O–H groups in total. The van der Waals surface area contributed by atoms with Crippen LogP contribution in [0.3, 0.4) is 0 Å². The molecule has 0 saturated carbocycles. The smallest absolute Gasteiger partial charge is 0.228 e. The van der Waals surface area contributed by atoms with Crippen LogP contribution in [0.4, 0.5) is 5.69 Å². The molecule has 1 aromatic carbocycles. The standard InChI is InChI=1S/C22H24ClN3O3/c1-15-4-6-17(7-5-15)26-13-16(11-21(26)27)22(28)25-10-2-3-18(14-25)29-20-8-9-24-12-19(20)23/h4-9,12,16,18H,2-3,10-11,13-14H2,1H3. The summed E-state index contributed by atoms with van der Waals surface area (Å²) >= 11 is 6.14. The molecule has 0 spiro atoms. The second-order valence-electron chi connectivity index (χ2n) is 7.71. The summed E-state index contributed by atoms with van der Waals surface area (Å²) in [5.74, 6) is 0.303. The molecule has 6 nitrogen and oxygen atoms in total. The third-order valence-corrected chi connectivity index (χ3v) is 5.82. The van der Waals surface area contributed by atoms with Gasteiger partial charge in [0.15, 0.2) is 0 Å². The molecule has 2 fully saturated rings. The van der Waals surface area contributed by atoms with Gasteiger partial charge in [0.1, 0.15) is 16.9 Å². The van der Waals surface area contributed by atoms with Crippen LogP contribution in [0.2, 0.25) is 5.02 Å². The predicted octanol–water partition coefficient (Wildman–Crippen LogP) is 3.47. The molecule has 2 aliphatic heterocycles. The minimum atomic E-state index is -0.313. The van der Waals surface area contributed by atoms with Gasteiger partial charge in [-0.2, -0.15) is 0 Å². The zero-order valence-corrected chi connectivity index (χ0v) is 17.1. The minimum absolute atomic E-state index is 0.000537. The summed E-state index contributed by atoms with van der Waals surface area (Å²) in [4.78, 5) is 33.1. The number of halogens is 1. The zero-order chi connectivity index (χ0) is 20.4. The highest BCUT2D eigenvalue weighted by Gasteiger charge is 2.38. The Kier molecular flexibility index (Phi) is 5.72. The van der Waals surface area contributed by atoms with Gasteiger partial charge in [-0.25, -0.2) is 0 Å². The van der Waals surface area contributed by atoms with Gasteiger partial charge in [0.05, 0.1) is 12.5 Å². The van der Waals surface area contributed by atoms with Gasteiger partial charge < -0.3 is 14.5 Å². The Bertz CT molecular complexity index is 902. The average Bonchev–Trinajstić information content (AvgIpc) is 3.11. The van der Waals surface area contributed by atoms with Gasteiger partial charge in [-0.15, -0.1) is 0 Å². The first-order valence-electron chi connectivity index (χ1n) is 9.93. The maximum absolute atomic E-state index is 13.1. The lowest BCUT2D eigenvalue weighted by atomic mass is 10.0. The SMILES string of the molecule is Cc1ccc(N2CC(C(=O)N3CCCC(Oc4ccncc4Cl)C3)CC2=O)cc1. The molecular formula is C22H24ClN3O3. The quantitative estimate of drug-likeness (QED) is 0.770. The second-order valence-corrected chi connectivity index (χ2v) is 8.12. The number of hydrogen-bond acceptors (Lipinski definition) is 4. The fourth-order valence-electron chi connectivity index (χ4n) is 3.98. The van der Waals surface area contributed by atoms with Crippen LogP contribution < -0.4 is 9.64 Å². The molecule has 2 unspecified atom stereocenters. The van der Waals surface area contributed by atoms with E-state index < -0.39 is 0 Å². The van der Waals surface area contributed by atoms with Crippen molar-refractivity contribution in [1.29, 1.82) is 0 Å². The van der Waals surface area contributed by atoms with Crippen molar-refractivity contribution in [1.82, 2.24) is 9.88 Å². The van der Waals surface area contributed by atoms with Crippen molar-refractivity contribution in [3.63, 3.8) is 0 Å². The number of likely N-dealkylation sites (tertiary alicyclic amines) is 1. The lowest BCUT2D eigenvalue weighted by molar-refractivity contribution is -0.138. The van der Waals surface area contributed by atoms with Crippen LogP contribution in [0.5, 0.6) is 5.75 Å². The highest BCUT2D eigenvalue weighted by molar-refractivity contribution is 6.31. The first kappa shape index (κ1) is 19.7. The van der Waals surface area contributed by atoms with Crippen LogP contribution in [0.15, 0.2) is 42.7 Å². The van der Waals surface area contributed by atoms with Gasteiger partial charge in [0.25, 0.3) is 0 Å². The lowest BCUT2D eigenvalue weighted by Gasteiger charge is -2.34. The predicted molar refractivity (Wildman–Crippen MR) is 111 cm³/mol. The summed E-state index contributed by atoms with van der Waals surface area (Å²) in [6, 6.07) is 9.56. The fraction of sp³-hybridized carbons (Fsp3) is 0.409. The summed E-state index contributed by atoms with van der Waals surface area (Å²) in [6.07, 6.45) is 5.05. The Hall–Kier alpha value is -2.60. The molecule has 0 bridgehead atoms. The van der Waals surface area contributed by atoms with Crippen LogP contribution >= 0.6 is 11.6 Å². The molecule has 2 amide bonds. The van der Waals surface area contributed by atoms with Gasteiger partial charge >= 0.3 is 0 Å². The van der Waals surface area contributed by atoms with Crippen molar-refractivity contribution in [2.75, 3.05) is 24.5 Å². The average molecular weight is 414 g/mol. The van der Waals surface area contributed by atoms with E-state index in [0.29, 0.717) is 30.4 Å². The number of piperidine rings is 1. The van der Waals surface area contributed by atoms with E-state index in [9.17, 15) is 9.59 Å². The van der Waals surface area contributed by atoms with Crippen molar-refractivity contribution in [3.8, 4) is 5.75 Å². The molecule has 29 heavy (non-hydrogen) atoms. The minimum Gasteiger partial charge on any atom is -0.487 e. The Morgan fingerprint density at radius 1 is 1.21 bits per heavy atom. The number of ether oxygens (including phenoxy) is 1. The molecule has 2 aliphatic rings. The summed E-state index contributed by atoms with van der Waals surface area (Å²) in [5, 5.41) is 0.464. The number of aryl methyl sites for hydroxylation is 1. The number of rotatable bonds is 4. The molecule has 2 saturated heterocycles. The molecule has 2 aromatic rings. The van der Waals surface area contributed by atoms with Gasteiger partial charge in [0.2, 0.25) is 11.8 Å². The maximum atomic E-state index is 13.1. The second kappa shape index (κ2) is 8.41. The molecule has 2 atom stereocenters. The summed E-state index contributed by atoms with van der Waals surface area (Å²) < 4.78 is 6.01. The Morgan fingerprint density at radius 3 is 2.76 bits per heavy atom. The Balaban J connectivity index is 1.39. The number of amides is 2. The number of nitrogens with zero attached hydrogens (tertiary/aromatic N) is 3. The van der Waals surface area contributed by atoms with Gasteiger partial charge in [-0.1, -0.05) is 29.3 Å². The van der Waals surface area contributed by atoms with E-state index in [0.717, 1.165) is 24.1 Å². The lowest BCUT2D eigenvalue weighted by Crippen LogP contribution is -2.47. The number of pyridine rings is 1. The topological polar surface area (TPSA) is 62.7 Å². The zero-order valence-electron chi connectivity index (χ0n) is 16.4. The Morgan fingerprint density at radius 2 is 2.00 bits per heavy atom. The molecule has 0 radical (unpaired) electrons. The number of carbonyl (C=O) groups excluding carboxylic acids is 2. The van der Waals surface area contributed by atoms with E-state index >= 15 is 0 Å². The number of carbonyl (C=O) groups is 2. The molecule has 1 aromatic heterocycles. The van der Waals surface area contributed by atoms with Gasteiger partial charge in [0, 0.05) is 43.7 Å².